The third kappa shape index (κ3) is 3.61. The van der Waals surface area contributed by atoms with E-state index in [2.05, 4.69) is 24.1 Å². The van der Waals surface area contributed by atoms with Crippen molar-refractivity contribution in [3.05, 3.63) is 88.0 Å². The highest BCUT2D eigenvalue weighted by molar-refractivity contribution is 5.85. The smallest absolute Gasteiger partial charge is 0.258 e. The number of aromatic nitrogens is 2. The summed E-state index contributed by atoms with van der Waals surface area (Å²) in [6.45, 7) is 5.33. The number of benzene rings is 1. The average molecular weight is 419 g/mol. The molecule has 6 nitrogen and oxygen atoms in total. The Hall–Kier alpha value is -3.45. The number of nitrogens with zero attached hydrogens (tertiary/aromatic N) is 2. The zero-order valence-electron chi connectivity index (χ0n) is 17.3. The van der Waals surface area contributed by atoms with Gasteiger partial charge in [-0.3, -0.25) is 14.3 Å². The largest absolute Gasteiger partial charge is 0.487 e. The van der Waals surface area contributed by atoms with Crippen molar-refractivity contribution in [2.45, 2.75) is 32.4 Å². The lowest BCUT2D eigenvalue weighted by Gasteiger charge is -2.31. The molecule has 0 radical (unpaired) electrons. The number of nitrogens with one attached hydrogen (secondary N) is 1. The molecule has 0 aliphatic carbocycles. The molecule has 1 aromatic carbocycles. The number of ether oxygens (including phenoxy) is 1. The van der Waals surface area contributed by atoms with Crippen LogP contribution in [0.15, 0.2) is 64.1 Å². The summed E-state index contributed by atoms with van der Waals surface area (Å²) in [7, 11) is 0. The Balaban J connectivity index is 1.42. The fourth-order valence-electron chi connectivity index (χ4n) is 4.14. The van der Waals surface area contributed by atoms with Gasteiger partial charge in [0.15, 0.2) is 0 Å². The number of halogens is 1. The van der Waals surface area contributed by atoms with Crippen LogP contribution in [0.2, 0.25) is 0 Å². The summed E-state index contributed by atoms with van der Waals surface area (Å²) in [5.74, 6) is 1.02. The average Bonchev–Trinajstić information content (AvgIpc) is 3.12. The highest BCUT2D eigenvalue weighted by Crippen LogP contribution is 2.37. The van der Waals surface area contributed by atoms with Gasteiger partial charge in [0.05, 0.1) is 17.6 Å². The molecule has 0 amide bonds. The van der Waals surface area contributed by atoms with E-state index in [1.807, 2.05) is 18.2 Å². The van der Waals surface area contributed by atoms with Gasteiger partial charge >= 0.3 is 0 Å². The van der Waals surface area contributed by atoms with E-state index in [1.165, 1.54) is 17.7 Å². The first-order valence-electron chi connectivity index (χ1n) is 10.2. The first-order valence-corrected chi connectivity index (χ1v) is 10.2. The summed E-state index contributed by atoms with van der Waals surface area (Å²) in [6.07, 6.45) is 3.65. The molecular weight excluding hydrogens is 397 g/mol. The van der Waals surface area contributed by atoms with Crippen LogP contribution in [0.5, 0.6) is 5.75 Å². The van der Waals surface area contributed by atoms with E-state index in [1.54, 1.807) is 22.9 Å². The normalized spacial score (nSPS) is 15.1. The van der Waals surface area contributed by atoms with Crippen LogP contribution >= 0.6 is 0 Å². The van der Waals surface area contributed by atoms with Gasteiger partial charge in [0.2, 0.25) is 0 Å². The molecule has 3 aromatic heterocycles. The molecule has 0 bridgehead atoms. The van der Waals surface area contributed by atoms with Gasteiger partial charge in [-0.05, 0) is 44.2 Å². The Labute approximate surface area is 178 Å². The molecule has 1 aliphatic heterocycles. The van der Waals surface area contributed by atoms with Gasteiger partial charge in [0, 0.05) is 47.8 Å². The molecule has 0 saturated carbocycles. The van der Waals surface area contributed by atoms with E-state index >= 15 is 0 Å². The van der Waals surface area contributed by atoms with Gasteiger partial charge < -0.3 is 14.5 Å². The van der Waals surface area contributed by atoms with Crippen LogP contribution in [-0.2, 0) is 18.6 Å². The van der Waals surface area contributed by atoms with E-state index in [0.29, 0.717) is 11.4 Å². The predicted molar refractivity (Wildman–Crippen MR) is 115 cm³/mol. The van der Waals surface area contributed by atoms with Crippen LogP contribution in [0, 0.1) is 5.82 Å². The lowest BCUT2D eigenvalue weighted by Crippen LogP contribution is -2.41. The Morgan fingerprint density at radius 3 is 2.87 bits per heavy atom. The van der Waals surface area contributed by atoms with Gasteiger partial charge in [-0.15, -0.1) is 0 Å². The van der Waals surface area contributed by atoms with Crippen LogP contribution in [0.3, 0.4) is 0 Å². The van der Waals surface area contributed by atoms with Crippen molar-refractivity contribution in [3.8, 4) is 11.4 Å². The molecule has 7 heteroatoms. The molecule has 1 aliphatic rings. The van der Waals surface area contributed by atoms with Crippen molar-refractivity contribution in [1.29, 1.82) is 0 Å². The van der Waals surface area contributed by atoms with Crippen molar-refractivity contribution in [2.75, 3.05) is 6.54 Å². The maximum Gasteiger partial charge on any atom is 0.258 e. The monoisotopic (exact) mass is 419 g/mol. The summed E-state index contributed by atoms with van der Waals surface area (Å²) in [4.78, 5) is 16.7. The molecular formula is C24H22FN3O3. The van der Waals surface area contributed by atoms with Crippen molar-refractivity contribution in [2.24, 2.45) is 0 Å². The van der Waals surface area contributed by atoms with E-state index in [-0.39, 0.29) is 17.7 Å². The number of fused-ring (bicyclic) bond motifs is 3. The van der Waals surface area contributed by atoms with Crippen molar-refractivity contribution >= 4 is 11.0 Å². The van der Waals surface area contributed by atoms with Crippen LogP contribution < -0.4 is 15.6 Å². The van der Waals surface area contributed by atoms with Crippen LogP contribution in [0.1, 0.15) is 30.9 Å². The van der Waals surface area contributed by atoms with Crippen molar-refractivity contribution in [1.82, 2.24) is 14.9 Å². The van der Waals surface area contributed by atoms with Gasteiger partial charge in [-0.1, -0.05) is 0 Å². The van der Waals surface area contributed by atoms with Gasteiger partial charge in [-0.25, -0.2) is 4.39 Å². The number of hydrogen-bond acceptors (Lipinski definition) is 5. The Bertz CT molecular complexity index is 1320. The predicted octanol–water partition coefficient (Wildman–Crippen LogP) is 4.08. The molecule has 0 saturated heterocycles. The van der Waals surface area contributed by atoms with E-state index < -0.39 is 5.82 Å². The maximum absolute atomic E-state index is 13.0. The zero-order chi connectivity index (χ0) is 21.6. The first-order chi connectivity index (χ1) is 14.9. The molecule has 0 fully saturated rings. The van der Waals surface area contributed by atoms with Crippen LogP contribution in [-0.4, -0.2) is 16.1 Å². The summed E-state index contributed by atoms with van der Waals surface area (Å²) >= 11 is 0. The molecule has 0 spiro atoms. The fraction of sp³-hybridized carbons (Fsp3) is 0.250. The van der Waals surface area contributed by atoms with Crippen LogP contribution in [0.25, 0.3) is 16.7 Å². The fourth-order valence-corrected chi connectivity index (χ4v) is 4.14. The minimum absolute atomic E-state index is 0.150. The SMILES string of the molecule is CC1(C)NCCc2oc3cc(-n4ccc(OCc5ccc(F)cn5)cc4=O)ccc3c21. The molecule has 158 valence electrons. The van der Waals surface area contributed by atoms with E-state index in [9.17, 15) is 9.18 Å². The van der Waals surface area contributed by atoms with Gasteiger partial charge in [-0.2, -0.15) is 0 Å². The quantitative estimate of drug-likeness (QED) is 0.540. The second-order valence-corrected chi connectivity index (χ2v) is 8.21. The van der Waals surface area contributed by atoms with Crippen LogP contribution in [0.4, 0.5) is 4.39 Å². The second-order valence-electron chi connectivity index (χ2n) is 8.21. The van der Waals surface area contributed by atoms with Gasteiger partial charge in [0.1, 0.15) is 29.5 Å². The van der Waals surface area contributed by atoms with E-state index in [4.69, 9.17) is 9.15 Å². The Morgan fingerprint density at radius 1 is 1.23 bits per heavy atom. The van der Waals surface area contributed by atoms with E-state index in [0.717, 1.165) is 41.6 Å². The molecule has 31 heavy (non-hydrogen) atoms. The minimum atomic E-state index is -0.402. The maximum atomic E-state index is 13.0. The third-order valence-corrected chi connectivity index (χ3v) is 5.64. The second kappa shape index (κ2) is 7.35. The first kappa shape index (κ1) is 19.5. The highest BCUT2D eigenvalue weighted by atomic mass is 19.1. The number of pyridine rings is 2. The number of furan rings is 1. The summed E-state index contributed by atoms with van der Waals surface area (Å²) < 4.78 is 26.3. The lowest BCUT2D eigenvalue weighted by molar-refractivity contribution is 0.300. The van der Waals surface area contributed by atoms with Crippen molar-refractivity contribution < 1.29 is 13.5 Å². The number of rotatable bonds is 4. The summed E-state index contributed by atoms with van der Waals surface area (Å²) in [5.41, 5.74) is 2.88. The summed E-state index contributed by atoms with van der Waals surface area (Å²) in [6, 6.07) is 11.8. The molecule has 1 N–H and O–H groups in total. The lowest BCUT2D eigenvalue weighted by atomic mass is 9.87. The summed E-state index contributed by atoms with van der Waals surface area (Å²) in [5, 5.41) is 4.59. The molecule has 5 rings (SSSR count). The third-order valence-electron chi connectivity index (χ3n) is 5.64. The molecule has 0 unspecified atom stereocenters. The Kier molecular flexibility index (Phi) is 4.63. The topological polar surface area (TPSA) is 69.3 Å². The highest BCUT2D eigenvalue weighted by Gasteiger charge is 2.32. The standard InChI is InChI=1S/C24H22FN3O3/c1-24(2)23-19-6-5-17(11-21(19)31-20(23)7-9-27-24)28-10-8-18(12-22(28)29)30-14-16-4-3-15(25)13-26-16/h3-6,8,10-13,27H,7,9,14H2,1-2H3. The molecule has 4 heterocycles. The van der Waals surface area contributed by atoms with Gasteiger partial charge in [0.25, 0.3) is 5.56 Å². The molecule has 4 aromatic rings. The van der Waals surface area contributed by atoms with Crippen molar-refractivity contribution in [3.63, 3.8) is 0 Å². The number of hydrogen-bond donors (Lipinski definition) is 1. The zero-order valence-corrected chi connectivity index (χ0v) is 17.3. The molecule has 0 atom stereocenters. The minimum Gasteiger partial charge on any atom is -0.487 e. The Morgan fingerprint density at radius 2 is 2.10 bits per heavy atom.